The van der Waals surface area contributed by atoms with Crippen molar-refractivity contribution in [3.8, 4) is 0 Å². The molecule has 0 fully saturated rings. The molecular weight excluding hydrogens is 324 g/mol. The largest absolute Gasteiger partial charge is 0.354 e. The van der Waals surface area contributed by atoms with E-state index in [1.54, 1.807) is 4.90 Å². The van der Waals surface area contributed by atoms with Crippen molar-refractivity contribution < 1.29 is 9.59 Å². The van der Waals surface area contributed by atoms with Gasteiger partial charge in [-0.15, -0.1) is 0 Å². The molecule has 2 aromatic carbocycles. The SMILES string of the molecule is O=C(CN1C(=O)CCc2ccccc21)NCCc1ccc(Cl)cc1. The Balaban J connectivity index is 1.55. The number of amides is 2. The van der Waals surface area contributed by atoms with Crippen LogP contribution >= 0.6 is 11.6 Å². The Kier molecular flexibility index (Phi) is 5.16. The molecule has 2 aromatic rings. The van der Waals surface area contributed by atoms with Crippen molar-refractivity contribution in [3.05, 3.63) is 64.7 Å². The Morgan fingerprint density at radius 2 is 1.83 bits per heavy atom. The van der Waals surface area contributed by atoms with Gasteiger partial charge < -0.3 is 10.2 Å². The molecule has 124 valence electrons. The molecule has 0 aromatic heterocycles. The molecule has 4 nitrogen and oxygen atoms in total. The first-order valence-electron chi connectivity index (χ1n) is 8.03. The van der Waals surface area contributed by atoms with Gasteiger partial charge in [0.1, 0.15) is 6.54 Å². The first kappa shape index (κ1) is 16.5. The van der Waals surface area contributed by atoms with Crippen LogP contribution in [0.4, 0.5) is 5.69 Å². The summed E-state index contributed by atoms with van der Waals surface area (Å²) in [5, 5.41) is 3.58. The molecule has 0 spiro atoms. The van der Waals surface area contributed by atoms with Gasteiger partial charge in [-0.25, -0.2) is 0 Å². The summed E-state index contributed by atoms with van der Waals surface area (Å²) >= 11 is 5.85. The van der Waals surface area contributed by atoms with Gasteiger partial charge >= 0.3 is 0 Å². The standard InChI is InChI=1S/C19H19ClN2O2/c20-16-8-5-14(6-9-16)11-12-21-18(23)13-22-17-4-2-1-3-15(17)7-10-19(22)24/h1-6,8-9H,7,10-13H2,(H,21,23). The van der Waals surface area contributed by atoms with Crippen molar-refractivity contribution >= 4 is 29.1 Å². The lowest BCUT2D eigenvalue weighted by Crippen LogP contribution is -2.43. The summed E-state index contributed by atoms with van der Waals surface area (Å²) in [7, 11) is 0. The lowest BCUT2D eigenvalue weighted by molar-refractivity contribution is -0.124. The predicted molar refractivity (Wildman–Crippen MR) is 95.3 cm³/mol. The lowest BCUT2D eigenvalue weighted by atomic mass is 10.0. The maximum atomic E-state index is 12.2. The summed E-state index contributed by atoms with van der Waals surface area (Å²) in [5.41, 5.74) is 3.08. The number of benzene rings is 2. The van der Waals surface area contributed by atoms with Crippen LogP contribution in [-0.4, -0.2) is 24.9 Å². The number of anilines is 1. The van der Waals surface area contributed by atoms with Gasteiger partial charge in [0.25, 0.3) is 0 Å². The Morgan fingerprint density at radius 1 is 1.08 bits per heavy atom. The molecule has 0 bridgehead atoms. The molecule has 0 atom stereocenters. The number of nitrogens with zero attached hydrogens (tertiary/aromatic N) is 1. The fourth-order valence-electron chi connectivity index (χ4n) is 2.87. The van der Waals surface area contributed by atoms with E-state index in [0.717, 1.165) is 29.7 Å². The number of hydrogen-bond donors (Lipinski definition) is 1. The number of rotatable bonds is 5. The fraction of sp³-hybridized carbons (Fsp3) is 0.263. The van der Waals surface area contributed by atoms with Crippen LogP contribution in [-0.2, 0) is 22.4 Å². The van der Waals surface area contributed by atoms with Gasteiger partial charge in [-0.1, -0.05) is 41.9 Å². The molecule has 24 heavy (non-hydrogen) atoms. The fourth-order valence-corrected chi connectivity index (χ4v) is 2.99. The normalized spacial score (nSPS) is 13.5. The van der Waals surface area contributed by atoms with E-state index < -0.39 is 0 Å². The Morgan fingerprint density at radius 3 is 2.62 bits per heavy atom. The molecule has 0 aliphatic carbocycles. The second kappa shape index (κ2) is 7.49. The molecule has 0 unspecified atom stereocenters. The van der Waals surface area contributed by atoms with Crippen molar-refractivity contribution in [3.63, 3.8) is 0 Å². The minimum atomic E-state index is -0.144. The van der Waals surface area contributed by atoms with Crippen molar-refractivity contribution in [1.29, 1.82) is 0 Å². The summed E-state index contributed by atoms with van der Waals surface area (Å²) < 4.78 is 0. The molecule has 1 N–H and O–H groups in total. The van der Waals surface area contributed by atoms with Crippen LogP contribution in [0.15, 0.2) is 48.5 Å². The molecule has 2 amide bonds. The van der Waals surface area contributed by atoms with Gasteiger partial charge in [0.15, 0.2) is 0 Å². The molecule has 0 saturated carbocycles. The Labute approximate surface area is 146 Å². The van der Waals surface area contributed by atoms with Crippen LogP contribution in [0, 0.1) is 0 Å². The van der Waals surface area contributed by atoms with Gasteiger partial charge in [0.05, 0.1) is 0 Å². The van der Waals surface area contributed by atoms with Crippen LogP contribution in [0.5, 0.6) is 0 Å². The van der Waals surface area contributed by atoms with Gasteiger partial charge in [0.2, 0.25) is 11.8 Å². The smallest absolute Gasteiger partial charge is 0.240 e. The first-order valence-corrected chi connectivity index (χ1v) is 8.41. The molecule has 1 aliphatic rings. The minimum absolute atomic E-state index is 0.00144. The molecule has 1 heterocycles. The Hall–Kier alpha value is -2.33. The number of fused-ring (bicyclic) bond motifs is 1. The predicted octanol–water partition coefficient (Wildman–Crippen LogP) is 2.98. The monoisotopic (exact) mass is 342 g/mol. The zero-order valence-electron chi connectivity index (χ0n) is 13.3. The third-order valence-electron chi connectivity index (χ3n) is 4.14. The second-order valence-electron chi connectivity index (χ2n) is 5.84. The number of aryl methyl sites for hydroxylation is 1. The van der Waals surface area contributed by atoms with Crippen molar-refractivity contribution in [2.45, 2.75) is 19.3 Å². The minimum Gasteiger partial charge on any atom is -0.354 e. The van der Waals surface area contributed by atoms with Crippen molar-refractivity contribution in [2.75, 3.05) is 18.0 Å². The van der Waals surface area contributed by atoms with Crippen molar-refractivity contribution in [1.82, 2.24) is 5.32 Å². The van der Waals surface area contributed by atoms with Gasteiger partial charge in [-0.2, -0.15) is 0 Å². The van der Waals surface area contributed by atoms with E-state index in [4.69, 9.17) is 11.6 Å². The molecule has 1 aliphatic heterocycles. The zero-order chi connectivity index (χ0) is 16.9. The molecule has 0 saturated heterocycles. The lowest BCUT2D eigenvalue weighted by Gasteiger charge is -2.28. The first-order chi connectivity index (χ1) is 11.6. The molecular formula is C19H19ClN2O2. The van der Waals surface area contributed by atoms with Gasteiger partial charge in [-0.3, -0.25) is 9.59 Å². The summed E-state index contributed by atoms with van der Waals surface area (Å²) in [4.78, 5) is 25.9. The van der Waals surface area contributed by atoms with Crippen LogP contribution in [0.25, 0.3) is 0 Å². The highest BCUT2D eigenvalue weighted by molar-refractivity contribution is 6.30. The maximum absolute atomic E-state index is 12.2. The number of para-hydroxylation sites is 1. The average molecular weight is 343 g/mol. The van der Waals surface area contributed by atoms with Crippen LogP contribution in [0.2, 0.25) is 5.02 Å². The van der Waals surface area contributed by atoms with E-state index in [2.05, 4.69) is 5.32 Å². The molecule has 3 rings (SSSR count). The third-order valence-corrected chi connectivity index (χ3v) is 4.39. The summed E-state index contributed by atoms with van der Waals surface area (Å²) in [6.07, 6.45) is 1.92. The summed E-state index contributed by atoms with van der Waals surface area (Å²) in [6, 6.07) is 15.3. The highest BCUT2D eigenvalue weighted by atomic mass is 35.5. The number of carbonyl (C=O) groups excluding carboxylic acids is 2. The highest BCUT2D eigenvalue weighted by Crippen LogP contribution is 2.27. The maximum Gasteiger partial charge on any atom is 0.240 e. The van der Waals surface area contributed by atoms with Crippen molar-refractivity contribution in [2.24, 2.45) is 0 Å². The van der Waals surface area contributed by atoms with Gasteiger partial charge in [-0.05, 0) is 42.2 Å². The van der Waals surface area contributed by atoms with E-state index in [-0.39, 0.29) is 18.4 Å². The van der Waals surface area contributed by atoms with Crippen LogP contribution < -0.4 is 10.2 Å². The number of nitrogens with one attached hydrogen (secondary N) is 1. The topological polar surface area (TPSA) is 49.4 Å². The molecule has 0 radical (unpaired) electrons. The van der Waals surface area contributed by atoms with E-state index in [1.807, 2.05) is 48.5 Å². The quantitative estimate of drug-likeness (QED) is 0.908. The summed E-state index contributed by atoms with van der Waals surface area (Å²) in [6.45, 7) is 0.598. The van der Waals surface area contributed by atoms with Gasteiger partial charge in [0, 0.05) is 23.7 Å². The number of carbonyl (C=O) groups is 2. The molecule has 5 heteroatoms. The van der Waals surface area contributed by atoms with Crippen LogP contribution in [0.3, 0.4) is 0 Å². The number of hydrogen-bond acceptors (Lipinski definition) is 2. The second-order valence-corrected chi connectivity index (χ2v) is 6.27. The summed E-state index contributed by atoms with van der Waals surface area (Å²) in [5.74, 6) is -0.143. The Bertz CT molecular complexity index is 743. The van der Waals surface area contributed by atoms with E-state index in [9.17, 15) is 9.59 Å². The van der Waals surface area contributed by atoms with E-state index in [1.165, 1.54) is 0 Å². The average Bonchev–Trinajstić information content (AvgIpc) is 2.59. The highest BCUT2D eigenvalue weighted by Gasteiger charge is 2.25. The van der Waals surface area contributed by atoms with E-state index >= 15 is 0 Å². The number of halogens is 1. The van der Waals surface area contributed by atoms with Crippen LogP contribution in [0.1, 0.15) is 17.5 Å². The third kappa shape index (κ3) is 3.95. The van der Waals surface area contributed by atoms with E-state index in [0.29, 0.717) is 18.0 Å². The zero-order valence-corrected chi connectivity index (χ0v) is 14.1.